The summed E-state index contributed by atoms with van der Waals surface area (Å²) in [4.78, 5) is 43.0. The molecule has 0 saturated heterocycles. The molecule has 15 heteroatoms. The number of rotatable bonds is 14. The summed E-state index contributed by atoms with van der Waals surface area (Å²) < 4.78 is 31.2. The third-order valence-electron chi connectivity index (χ3n) is 7.29. The number of halogens is 1. The first-order valence-corrected chi connectivity index (χ1v) is 17.7. The van der Waals surface area contributed by atoms with Crippen LogP contribution in [0.3, 0.4) is 0 Å². The van der Waals surface area contributed by atoms with Gasteiger partial charge < -0.3 is 24.8 Å². The summed E-state index contributed by atoms with van der Waals surface area (Å²) in [6.07, 6.45) is 3.07. The number of anilines is 1. The highest BCUT2D eigenvalue weighted by molar-refractivity contribution is 7.58. The lowest BCUT2D eigenvalue weighted by Gasteiger charge is -2.25. The standard InChI is InChI=1S/C34H38ClN6O7P/c1-20(2)47-33(43)21(3)40-49(45,37-19-22-8-6-5-7-9-22)41-32(42)26-17-25-29(18-31(26)46-4)36-15-14-30(25)48-24-12-13-28(27(35)16-24)39-34(44)38-23-10-11-23/h5-9,12-18,20-21,23H,10-11,19H2,1-4H3,(H2,38,39,44)(H3,37,40,41,42,45). The van der Waals surface area contributed by atoms with Gasteiger partial charge in [0.2, 0.25) is 0 Å². The van der Waals surface area contributed by atoms with E-state index in [1.54, 1.807) is 50.4 Å². The van der Waals surface area contributed by atoms with Crippen LogP contribution in [0, 0.1) is 0 Å². The maximum Gasteiger partial charge on any atom is 0.323 e. The van der Waals surface area contributed by atoms with Crippen LogP contribution in [-0.2, 0) is 20.6 Å². The molecule has 0 bridgehead atoms. The number of carbonyl (C=O) groups is 3. The van der Waals surface area contributed by atoms with Crippen molar-refractivity contribution in [1.82, 2.24) is 25.6 Å². The van der Waals surface area contributed by atoms with E-state index in [2.05, 4.69) is 30.9 Å². The van der Waals surface area contributed by atoms with Gasteiger partial charge in [-0.3, -0.25) is 24.2 Å². The summed E-state index contributed by atoms with van der Waals surface area (Å²) in [5, 5.41) is 14.5. The highest BCUT2D eigenvalue weighted by Gasteiger charge is 2.32. The Bertz CT molecular complexity index is 1890. The van der Waals surface area contributed by atoms with E-state index in [1.807, 2.05) is 30.3 Å². The predicted octanol–water partition coefficient (Wildman–Crippen LogP) is 6.53. The molecule has 258 valence electrons. The van der Waals surface area contributed by atoms with Crippen LogP contribution in [0.1, 0.15) is 49.5 Å². The smallest absolute Gasteiger partial charge is 0.323 e. The molecule has 3 aromatic carbocycles. The van der Waals surface area contributed by atoms with Gasteiger partial charge in [0.25, 0.3) is 5.91 Å². The molecule has 1 fully saturated rings. The summed E-state index contributed by atoms with van der Waals surface area (Å²) in [6.45, 7) is 5.03. The van der Waals surface area contributed by atoms with Gasteiger partial charge in [0.1, 0.15) is 23.3 Å². The first-order valence-electron chi connectivity index (χ1n) is 15.6. The van der Waals surface area contributed by atoms with E-state index >= 15 is 0 Å². The quantitative estimate of drug-likeness (QED) is 0.0717. The molecule has 0 radical (unpaired) electrons. The summed E-state index contributed by atoms with van der Waals surface area (Å²) in [7, 11) is -2.60. The second-order valence-corrected chi connectivity index (χ2v) is 14.1. The van der Waals surface area contributed by atoms with Gasteiger partial charge in [-0.1, -0.05) is 41.9 Å². The summed E-state index contributed by atoms with van der Waals surface area (Å²) in [6, 6.07) is 17.5. The normalized spacial score (nSPS) is 14.4. The fraction of sp³-hybridized carbons (Fsp3) is 0.294. The number of carbonyl (C=O) groups excluding carboxylic acids is 3. The Balaban J connectivity index is 1.40. The Morgan fingerprint density at radius 2 is 1.76 bits per heavy atom. The number of aromatic nitrogens is 1. The number of ether oxygens (including phenoxy) is 3. The van der Waals surface area contributed by atoms with Crippen LogP contribution < -0.4 is 35.4 Å². The van der Waals surface area contributed by atoms with Crippen LogP contribution in [0.2, 0.25) is 5.02 Å². The van der Waals surface area contributed by atoms with Crippen molar-refractivity contribution in [2.75, 3.05) is 12.4 Å². The zero-order valence-electron chi connectivity index (χ0n) is 27.4. The average Bonchev–Trinajstić information content (AvgIpc) is 3.88. The van der Waals surface area contributed by atoms with E-state index in [4.69, 9.17) is 25.8 Å². The van der Waals surface area contributed by atoms with Crippen LogP contribution in [0.4, 0.5) is 10.5 Å². The molecule has 3 amide bonds. The Hall–Kier alpha value is -4.68. The number of nitrogens with zero attached hydrogens (tertiary/aromatic N) is 1. The molecular formula is C34H38ClN6O7P. The molecule has 4 aromatic rings. The highest BCUT2D eigenvalue weighted by atomic mass is 35.5. The first-order chi connectivity index (χ1) is 23.4. The fourth-order valence-electron chi connectivity index (χ4n) is 4.72. The third-order valence-corrected chi connectivity index (χ3v) is 9.47. The molecule has 49 heavy (non-hydrogen) atoms. The maximum atomic E-state index is 14.2. The van der Waals surface area contributed by atoms with Crippen LogP contribution in [0.25, 0.3) is 10.9 Å². The number of benzene rings is 3. The molecule has 1 saturated carbocycles. The molecule has 1 heterocycles. The van der Waals surface area contributed by atoms with Gasteiger partial charge in [0, 0.05) is 36.3 Å². The lowest BCUT2D eigenvalue weighted by Crippen LogP contribution is -2.43. The van der Waals surface area contributed by atoms with Crippen molar-refractivity contribution in [3.63, 3.8) is 0 Å². The van der Waals surface area contributed by atoms with Crippen molar-refractivity contribution in [2.45, 2.75) is 58.3 Å². The number of hydrogen-bond acceptors (Lipinski definition) is 8. The molecule has 2 unspecified atom stereocenters. The molecular weight excluding hydrogens is 671 g/mol. The SMILES string of the molecule is COc1cc2nccc(Oc3ccc(NC(=O)NC4CC4)c(Cl)c3)c2cc1C(=O)NP(=O)(NCc1ccccc1)NC(C)C(=O)OC(C)C. The number of esters is 1. The Morgan fingerprint density at radius 1 is 1.00 bits per heavy atom. The molecule has 5 N–H and O–H groups in total. The van der Waals surface area contributed by atoms with Crippen molar-refractivity contribution >= 4 is 53.7 Å². The van der Waals surface area contributed by atoms with Gasteiger partial charge in [-0.15, -0.1) is 0 Å². The van der Waals surface area contributed by atoms with Crippen molar-refractivity contribution in [2.24, 2.45) is 0 Å². The molecule has 0 aliphatic heterocycles. The third kappa shape index (κ3) is 9.70. The second-order valence-electron chi connectivity index (χ2n) is 11.7. The lowest BCUT2D eigenvalue weighted by molar-refractivity contribution is -0.148. The number of fused-ring (bicyclic) bond motifs is 1. The Morgan fingerprint density at radius 3 is 2.43 bits per heavy atom. The van der Waals surface area contributed by atoms with E-state index in [-0.39, 0.29) is 41.1 Å². The fourth-order valence-corrected chi connectivity index (χ4v) is 6.64. The lowest BCUT2D eigenvalue weighted by atomic mass is 10.1. The Kier molecular flexibility index (Phi) is 11.4. The van der Waals surface area contributed by atoms with Crippen LogP contribution in [0.5, 0.6) is 17.2 Å². The van der Waals surface area contributed by atoms with E-state index in [0.29, 0.717) is 28.1 Å². The van der Waals surface area contributed by atoms with Gasteiger partial charge in [-0.25, -0.2) is 15.0 Å². The Labute approximate surface area is 289 Å². The molecule has 13 nitrogen and oxygen atoms in total. The molecule has 5 rings (SSSR count). The minimum absolute atomic E-state index is 0.0352. The highest BCUT2D eigenvalue weighted by Crippen LogP contribution is 2.38. The molecule has 1 aliphatic carbocycles. The maximum absolute atomic E-state index is 14.2. The van der Waals surface area contributed by atoms with E-state index < -0.39 is 25.5 Å². The van der Waals surface area contributed by atoms with Crippen molar-refractivity contribution in [3.8, 4) is 17.2 Å². The molecule has 0 spiro atoms. The minimum atomic E-state index is -3.99. The predicted molar refractivity (Wildman–Crippen MR) is 187 cm³/mol. The number of urea groups is 1. The van der Waals surface area contributed by atoms with Crippen LogP contribution >= 0.6 is 19.2 Å². The van der Waals surface area contributed by atoms with Crippen LogP contribution in [0.15, 0.2) is 72.9 Å². The number of nitrogens with one attached hydrogen (secondary N) is 5. The first kappa shape index (κ1) is 35.6. The zero-order valence-corrected chi connectivity index (χ0v) is 29.1. The van der Waals surface area contributed by atoms with Gasteiger partial charge in [0.15, 0.2) is 0 Å². The molecule has 2 atom stereocenters. The average molecular weight is 709 g/mol. The van der Waals surface area contributed by atoms with Gasteiger partial charge >= 0.3 is 19.6 Å². The van der Waals surface area contributed by atoms with Gasteiger partial charge in [-0.2, -0.15) is 0 Å². The molecule has 1 aliphatic rings. The summed E-state index contributed by atoms with van der Waals surface area (Å²) in [5.74, 6) is -0.503. The number of pyridine rings is 1. The van der Waals surface area contributed by atoms with E-state index in [0.717, 1.165) is 18.4 Å². The van der Waals surface area contributed by atoms with Gasteiger partial charge in [0.05, 0.1) is 35.0 Å². The van der Waals surface area contributed by atoms with E-state index in [9.17, 15) is 18.9 Å². The van der Waals surface area contributed by atoms with Crippen molar-refractivity contribution in [1.29, 1.82) is 0 Å². The minimum Gasteiger partial charge on any atom is -0.496 e. The van der Waals surface area contributed by atoms with Gasteiger partial charge in [-0.05, 0) is 63.4 Å². The molecule has 1 aromatic heterocycles. The summed E-state index contributed by atoms with van der Waals surface area (Å²) in [5.41, 5.74) is 1.72. The topological polar surface area (TPSA) is 169 Å². The number of amides is 3. The number of hydrogen-bond donors (Lipinski definition) is 5. The van der Waals surface area contributed by atoms with Crippen molar-refractivity contribution < 1.29 is 33.2 Å². The number of methoxy groups -OCH3 is 1. The largest absolute Gasteiger partial charge is 0.496 e. The van der Waals surface area contributed by atoms with Crippen LogP contribution in [-0.4, -0.2) is 48.2 Å². The zero-order chi connectivity index (χ0) is 35.1. The monoisotopic (exact) mass is 708 g/mol. The second kappa shape index (κ2) is 15.7. The summed E-state index contributed by atoms with van der Waals surface area (Å²) >= 11 is 6.45. The van der Waals surface area contributed by atoms with Crippen molar-refractivity contribution in [3.05, 3.63) is 89.1 Å². The van der Waals surface area contributed by atoms with E-state index in [1.165, 1.54) is 20.1 Å².